The molecule has 0 saturated heterocycles. The second-order valence-electron chi connectivity index (χ2n) is 23.4. The molecule has 0 aromatic rings. The van der Waals surface area contributed by atoms with Crippen LogP contribution < -0.4 is 0 Å². The maximum atomic E-state index is 13.0. The quantitative estimate of drug-likeness (QED) is 0.0261. The van der Waals surface area contributed by atoms with Crippen LogP contribution in [0.3, 0.4) is 0 Å². The van der Waals surface area contributed by atoms with Crippen LogP contribution in [-0.2, 0) is 28.6 Å². The molecule has 0 aromatic heterocycles. The van der Waals surface area contributed by atoms with Gasteiger partial charge in [0.2, 0.25) is 0 Å². The molecule has 0 bridgehead atoms. The first-order valence-electron chi connectivity index (χ1n) is 35.4. The lowest BCUT2D eigenvalue weighted by atomic mass is 10.0. The van der Waals surface area contributed by atoms with E-state index in [0.717, 1.165) is 135 Å². The zero-order chi connectivity index (χ0) is 59.9. The van der Waals surface area contributed by atoms with Gasteiger partial charge in [-0.3, -0.25) is 14.4 Å². The van der Waals surface area contributed by atoms with E-state index in [1.165, 1.54) is 167 Å². The zero-order valence-corrected chi connectivity index (χ0v) is 54.7. The van der Waals surface area contributed by atoms with Gasteiger partial charge in [-0.15, -0.1) is 0 Å². The third kappa shape index (κ3) is 68.7. The highest BCUT2D eigenvalue weighted by molar-refractivity contribution is 5.71. The van der Waals surface area contributed by atoms with Crippen molar-refractivity contribution in [3.05, 3.63) is 109 Å². The number of hydrogen-bond donors (Lipinski definition) is 0. The number of esters is 3. The molecule has 1 atom stereocenters. The first-order valence-corrected chi connectivity index (χ1v) is 35.4. The Morgan fingerprint density at radius 3 is 0.747 bits per heavy atom. The molecule has 6 nitrogen and oxygen atoms in total. The van der Waals surface area contributed by atoms with Crippen LogP contribution in [0, 0.1) is 0 Å². The van der Waals surface area contributed by atoms with Crippen LogP contribution in [0.2, 0.25) is 0 Å². The van der Waals surface area contributed by atoms with Crippen LogP contribution in [-0.4, -0.2) is 37.2 Å². The smallest absolute Gasteiger partial charge is 0.306 e. The van der Waals surface area contributed by atoms with Crippen LogP contribution >= 0.6 is 0 Å². The molecule has 0 saturated carbocycles. The molecule has 0 fully saturated rings. The van der Waals surface area contributed by atoms with Crippen molar-refractivity contribution in [1.82, 2.24) is 0 Å². The second-order valence-corrected chi connectivity index (χ2v) is 23.4. The molecule has 0 aliphatic carbocycles. The van der Waals surface area contributed by atoms with Gasteiger partial charge in [-0.05, 0) is 122 Å². The SMILES string of the molecule is CC/C=C\C/C=C\C/C=C\C/C=C\C/C=C\CCCCCCCCCCCC(=O)OCC(COC(=O)CCCCCCC/C=C\C/C=C\C/C=C\CC)OC(=O)CCCCCCCCCCCCCCC/C=C\CCCCCCCCCC. The standard InChI is InChI=1S/C77H132O6/c1-4-7-10-13-16-19-22-25-28-30-32-34-36-38-40-42-44-46-49-52-55-58-61-64-67-70-76(79)82-73-74(72-81-75(78)69-66-63-60-57-54-51-48-27-24-21-18-15-12-9-6-3)83-77(80)71-68-65-62-59-56-53-50-47-45-43-41-39-37-35-33-31-29-26-23-20-17-14-11-8-5-2/h7,9-10,12,16,18-19,21,25,27-28,31-34,38,40,48,74H,4-6,8,11,13-15,17,20,22-24,26,29-30,35-37,39,41-47,49-73H2,1-3H3/b10-7-,12-9-,19-16-,21-18-,28-25-,33-31-,34-32-,40-38-,48-27-. The summed E-state index contributed by atoms with van der Waals surface area (Å²) in [5.74, 6) is -0.896. The molecule has 476 valence electrons. The highest BCUT2D eigenvalue weighted by Gasteiger charge is 2.19. The molecular weight excluding hydrogens is 1020 g/mol. The van der Waals surface area contributed by atoms with Gasteiger partial charge in [0.15, 0.2) is 6.10 Å². The molecule has 83 heavy (non-hydrogen) atoms. The van der Waals surface area contributed by atoms with E-state index in [1.54, 1.807) is 0 Å². The van der Waals surface area contributed by atoms with Crippen LogP contribution in [0.1, 0.15) is 342 Å². The highest BCUT2D eigenvalue weighted by atomic mass is 16.6. The maximum Gasteiger partial charge on any atom is 0.306 e. The molecular formula is C77H132O6. The molecule has 0 rings (SSSR count). The van der Waals surface area contributed by atoms with Gasteiger partial charge in [-0.2, -0.15) is 0 Å². The van der Waals surface area contributed by atoms with Gasteiger partial charge >= 0.3 is 17.9 Å². The Morgan fingerprint density at radius 2 is 0.470 bits per heavy atom. The van der Waals surface area contributed by atoms with Crippen LogP contribution in [0.5, 0.6) is 0 Å². The topological polar surface area (TPSA) is 78.9 Å². The maximum absolute atomic E-state index is 13.0. The third-order valence-corrected chi connectivity index (χ3v) is 15.2. The van der Waals surface area contributed by atoms with Crippen molar-refractivity contribution in [2.45, 2.75) is 348 Å². The molecule has 0 aliphatic heterocycles. The lowest BCUT2D eigenvalue weighted by molar-refractivity contribution is -0.167. The minimum Gasteiger partial charge on any atom is -0.462 e. The third-order valence-electron chi connectivity index (χ3n) is 15.2. The van der Waals surface area contributed by atoms with E-state index >= 15 is 0 Å². The lowest BCUT2D eigenvalue weighted by Crippen LogP contribution is -2.30. The molecule has 0 radical (unpaired) electrons. The zero-order valence-electron chi connectivity index (χ0n) is 54.7. The van der Waals surface area contributed by atoms with E-state index in [4.69, 9.17) is 14.2 Å². The summed E-state index contributed by atoms with van der Waals surface area (Å²) in [5, 5.41) is 0. The van der Waals surface area contributed by atoms with E-state index in [2.05, 4.69) is 130 Å². The average Bonchev–Trinajstić information content (AvgIpc) is 3.49. The van der Waals surface area contributed by atoms with Crippen LogP contribution in [0.4, 0.5) is 0 Å². The Kier molecular flexibility index (Phi) is 67.2. The van der Waals surface area contributed by atoms with E-state index in [9.17, 15) is 14.4 Å². The summed E-state index contributed by atoms with van der Waals surface area (Å²) >= 11 is 0. The van der Waals surface area contributed by atoms with E-state index in [0.29, 0.717) is 19.3 Å². The summed E-state index contributed by atoms with van der Waals surface area (Å²) in [5.41, 5.74) is 0. The Balaban J connectivity index is 4.34. The Labute approximate surface area is 514 Å². The second kappa shape index (κ2) is 70.6. The largest absolute Gasteiger partial charge is 0.462 e. The van der Waals surface area contributed by atoms with Gasteiger partial charge in [0.1, 0.15) is 13.2 Å². The van der Waals surface area contributed by atoms with E-state index in [1.807, 2.05) is 0 Å². The molecule has 0 aliphatic rings. The average molecular weight is 1150 g/mol. The fourth-order valence-corrected chi connectivity index (χ4v) is 10.0. The minimum absolute atomic E-state index is 0.0863. The van der Waals surface area contributed by atoms with Crippen molar-refractivity contribution >= 4 is 17.9 Å². The van der Waals surface area contributed by atoms with Crippen LogP contribution in [0.25, 0.3) is 0 Å². The lowest BCUT2D eigenvalue weighted by Gasteiger charge is -2.18. The fraction of sp³-hybridized carbons (Fsp3) is 0.727. The predicted octanol–water partition coefficient (Wildman–Crippen LogP) is 24.6. The first-order chi connectivity index (χ1) is 41.0. The number of hydrogen-bond acceptors (Lipinski definition) is 6. The van der Waals surface area contributed by atoms with Gasteiger partial charge in [0, 0.05) is 19.3 Å². The van der Waals surface area contributed by atoms with E-state index < -0.39 is 6.10 Å². The summed E-state index contributed by atoms with van der Waals surface area (Å²) in [6.07, 6.45) is 96.8. The Bertz CT molecular complexity index is 1660. The highest BCUT2D eigenvalue weighted by Crippen LogP contribution is 2.17. The normalized spacial score (nSPS) is 12.8. The summed E-state index contributed by atoms with van der Waals surface area (Å²) < 4.78 is 17.0. The number of ether oxygens (including phenoxy) is 3. The first kappa shape index (κ1) is 79.1. The minimum atomic E-state index is -0.791. The molecule has 1 unspecified atom stereocenters. The summed E-state index contributed by atoms with van der Waals surface area (Å²) in [7, 11) is 0. The number of rotatable bonds is 64. The number of carbonyl (C=O) groups excluding carboxylic acids is 3. The summed E-state index contributed by atoms with van der Waals surface area (Å²) in [6.45, 7) is 6.43. The Hall–Kier alpha value is -3.93. The van der Waals surface area contributed by atoms with Gasteiger partial charge in [0.05, 0.1) is 0 Å². The van der Waals surface area contributed by atoms with Crippen molar-refractivity contribution in [3.8, 4) is 0 Å². The van der Waals surface area contributed by atoms with Crippen molar-refractivity contribution in [2.24, 2.45) is 0 Å². The van der Waals surface area contributed by atoms with Gasteiger partial charge in [-0.25, -0.2) is 0 Å². The molecule has 0 heterocycles. The van der Waals surface area contributed by atoms with E-state index in [-0.39, 0.29) is 31.1 Å². The predicted molar refractivity (Wildman–Crippen MR) is 362 cm³/mol. The molecule has 0 amide bonds. The summed E-state index contributed by atoms with van der Waals surface area (Å²) in [4.78, 5) is 38.5. The Morgan fingerprint density at radius 1 is 0.253 bits per heavy atom. The molecule has 0 spiro atoms. The van der Waals surface area contributed by atoms with Crippen molar-refractivity contribution in [2.75, 3.05) is 13.2 Å². The fourth-order valence-electron chi connectivity index (χ4n) is 10.0. The molecule has 6 heteroatoms. The number of carbonyl (C=O) groups is 3. The van der Waals surface area contributed by atoms with Gasteiger partial charge < -0.3 is 14.2 Å². The van der Waals surface area contributed by atoms with Crippen molar-refractivity contribution in [3.63, 3.8) is 0 Å². The van der Waals surface area contributed by atoms with Gasteiger partial charge in [-0.1, -0.05) is 310 Å². The number of unbranched alkanes of at least 4 members (excludes halogenated alkanes) is 35. The monoisotopic (exact) mass is 1150 g/mol. The molecule has 0 N–H and O–H groups in total. The molecule has 0 aromatic carbocycles. The summed E-state index contributed by atoms with van der Waals surface area (Å²) in [6, 6.07) is 0. The van der Waals surface area contributed by atoms with Crippen LogP contribution in [0.15, 0.2) is 109 Å². The van der Waals surface area contributed by atoms with Gasteiger partial charge in [0.25, 0.3) is 0 Å². The van der Waals surface area contributed by atoms with Crippen molar-refractivity contribution < 1.29 is 28.6 Å². The van der Waals surface area contributed by atoms with Crippen molar-refractivity contribution in [1.29, 1.82) is 0 Å². The number of allylic oxidation sites excluding steroid dienone is 18.